The number of carbonyl (C=O) groups excluding carboxylic acids is 1. The second kappa shape index (κ2) is 16.4. The predicted molar refractivity (Wildman–Crippen MR) is 185 cm³/mol. The summed E-state index contributed by atoms with van der Waals surface area (Å²) in [5.74, 6) is -0.874. The van der Waals surface area contributed by atoms with Crippen LogP contribution in [0.3, 0.4) is 0 Å². The third-order valence-corrected chi connectivity index (χ3v) is 11.3. The van der Waals surface area contributed by atoms with Crippen molar-refractivity contribution in [1.82, 2.24) is 4.31 Å². The van der Waals surface area contributed by atoms with Crippen molar-refractivity contribution < 1.29 is 47.9 Å². The highest BCUT2D eigenvalue weighted by molar-refractivity contribution is 7.88. The summed E-state index contributed by atoms with van der Waals surface area (Å²) in [4.78, 5) is 15.4. The van der Waals surface area contributed by atoms with Crippen molar-refractivity contribution in [3.63, 3.8) is 0 Å². The van der Waals surface area contributed by atoms with Crippen LogP contribution in [0.4, 0.5) is 10.1 Å². The second-order valence-electron chi connectivity index (χ2n) is 13.4. The summed E-state index contributed by atoms with van der Waals surface area (Å²) in [6.07, 6.45) is -2.68. The van der Waals surface area contributed by atoms with Gasteiger partial charge in [0.15, 0.2) is 0 Å². The number of hydrogen-bond acceptors (Lipinski definition) is 9. The van der Waals surface area contributed by atoms with E-state index in [4.69, 9.17) is 4.74 Å². The normalized spacial score (nSPS) is 26.2. The van der Waals surface area contributed by atoms with Crippen molar-refractivity contribution in [3.05, 3.63) is 101 Å². The van der Waals surface area contributed by atoms with E-state index in [1.807, 2.05) is 48.5 Å². The number of halogens is 1. The van der Waals surface area contributed by atoms with Crippen LogP contribution in [0.25, 0.3) is 0 Å². The molecule has 13 heteroatoms. The SMILES string of the molecule is CN(CCCc1ccc(N2C(=O)[C@H](CC[C@H](O)c3ccc(F)cc3)[C@H]2c2ccc(CC[C@@H]3O[C@H](CO)[C@@H](O)[C@H](O)[C@@H]3O)cc2)cc1)S(C)(=O)=O. The standard InChI is InChI=1S/C37H47FN2O9S/c1-39(50(2,47)48)21-3-4-23-7-16-28(17-8-23)40-33(29(37(40)46)18-19-30(42)25-12-14-27(38)15-13-25)26-10-5-24(6-11-26)9-20-31-34(43)36(45)35(44)32(22-41)49-31/h5-8,10-17,29-36,41-45H,3-4,9,18-22H2,1-2H3/t29-,30+,31+,32-,33-,34-,35-,36-/m1/s1. The van der Waals surface area contributed by atoms with Crippen LogP contribution < -0.4 is 4.90 Å². The number of aryl methyl sites for hydroxylation is 2. The molecule has 2 heterocycles. The molecule has 1 amide bonds. The Morgan fingerprint density at radius 1 is 0.860 bits per heavy atom. The molecule has 272 valence electrons. The molecule has 2 saturated heterocycles. The zero-order valence-corrected chi connectivity index (χ0v) is 29.1. The molecule has 3 aromatic carbocycles. The lowest BCUT2D eigenvalue weighted by atomic mass is 9.78. The van der Waals surface area contributed by atoms with Crippen LogP contribution in [0.5, 0.6) is 0 Å². The number of rotatable bonds is 15. The Morgan fingerprint density at radius 3 is 2.08 bits per heavy atom. The van der Waals surface area contributed by atoms with Crippen LogP contribution in [0.15, 0.2) is 72.8 Å². The van der Waals surface area contributed by atoms with Crippen molar-refractivity contribution in [2.75, 3.05) is 31.4 Å². The molecule has 3 aromatic rings. The van der Waals surface area contributed by atoms with Crippen LogP contribution in [0, 0.1) is 11.7 Å². The van der Waals surface area contributed by atoms with Gasteiger partial charge in [0.25, 0.3) is 0 Å². The van der Waals surface area contributed by atoms with E-state index in [2.05, 4.69) is 0 Å². The number of nitrogens with zero attached hydrogens (tertiary/aromatic N) is 2. The molecule has 0 spiro atoms. The Labute approximate surface area is 292 Å². The Morgan fingerprint density at radius 2 is 1.46 bits per heavy atom. The number of benzene rings is 3. The Bertz CT molecular complexity index is 1670. The molecule has 0 saturated carbocycles. The number of aliphatic hydroxyl groups excluding tert-OH is 5. The molecule has 0 unspecified atom stereocenters. The monoisotopic (exact) mass is 714 g/mol. The maximum absolute atomic E-state index is 13.7. The second-order valence-corrected chi connectivity index (χ2v) is 15.5. The van der Waals surface area contributed by atoms with Gasteiger partial charge in [-0.05, 0) is 85.0 Å². The third-order valence-electron chi connectivity index (χ3n) is 9.97. The van der Waals surface area contributed by atoms with Gasteiger partial charge in [-0.25, -0.2) is 17.1 Å². The number of ether oxygens (including phenoxy) is 1. The lowest BCUT2D eigenvalue weighted by molar-refractivity contribution is -0.230. The molecule has 5 rings (SSSR count). The van der Waals surface area contributed by atoms with E-state index in [1.54, 1.807) is 11.9 Å². The fraction of sp³-hybridized carbons (Fsp3) is 0.486. The molecule has 8 atom stereocenters. The maximum atomic E-state index is 13.7. The van der Waals surface area contributed by atoms with Crippen LogP contribution in [0.2, 0.25) is 0 Å². The fourth-order valence-corrected chi connectivity index (χ4v) is 7.25. The van der Waals surface area contributed by atoms with Gasteiger partial charge in [0, 0.05) is 19.3 Å². The smallest absolute Gasteiger partial charge is 0.233 e. The summed E-state index contributed by atoms with van der Waals surface area (Å²) in [5, 5.41) is 50.9. The molecule has 50 heavy (non-hydrogen) atoms. The van der Waals surface area contributed by atoms with E-state index in [9.17, 15) is 43.1 Å². The van der Waals surface area contributed by atoms with Gasteiger partial charge in [0.2, 0.25) is 15.9 Å². The van der Waals surface area contributed by atoms with Gasteiger partial charge >= 0.3 is 0 Å². The number of sulfonamides is 1. The third kappa shape index (κ3) is 8.78. The topological polar surface area (TPSA) is 168 Å². The molecule has 5 N–H and O–H groups in total. The van der Waals surface area contributed by atoms with E-state index in [0.717, 1.165) is 22.4 Å². The van der Waals surface area contributed by atoms with E-state index >= 15 is 0 Å². The first-order chi connectivity index (χ1) is 23.8. The van der Waals surface area contributed by atoms with E-state index < -0.39 is 65.0 Å². The van der Waals surface area contributed by atoms with Gasteiger partial charge < -0.3 is 35.2 Å². The van der Waals surface area contributed by atoms with Gasteiger partial charge in [-0.15, -0.1) is 0 Å². The number of β-lactam (4-membered cyclic amide) rings is 1. The highest BCUT2D eigenvalue weighted by Crippen LogP contribution is 2.46. The largest absolute Gasteiger partial charge is 0.394 e. The lowest BCUT2D eigenvalue weighted by Crippen LogP contribution is -2.58. The summed E-state index contributed by atoms with van der Waals surface area (Å²) >= 11 is 0. The van der Waals surface area contributed by atoms with Gasteiger partial charge in [0.05, 0.1) is 37.0 Å². The van der Waals surface area contributed by atoms with Crippen molar-refractivity contribution in [2.45, 2.75) is 81.2 Å². The van der Waals surface area contributed by atoms with Crippen molar-refractivity contribution in [2.24, 2.45) is 5.92 Å². The maximum Gasteiger partial charge on any atom is 0.233 e. The summed E-state index contributed by atoms with van der Waals surface area (Å²) in [6, 6.07) is 20.8. The van der Waals surface area contributed by atoms with Crippen LogP contribution >= 0.6 is 0 Å². The molecule has 0 bridgehead atoms. The Kier molecular flexibility index (Phi) is 12.4. The number of anilines is 1. The molecular formula is C37H47FN2O9S. The van der Waals surface area contributed by atoms with E-state index in [0.29, 0.717) is 50.6 Å². The number of hydrogen-bond donors (Lipinski definition) is 5. The predicted octanol–water partition coefficient (Wildman–Crippen LogP) is 2.64. The van der Waals surface area contributed by atoms with Crippen molar-refractivity contribution >= 4 is 21.6 Å². The summed E-state index contributed by atoms with van der Waals surface area (Å²) in [7, 11) is -1.69. The summed E-state index contributed by atoms with van der Waals surface area (Å²) in [6.45, 7) is -0.0855. The average molecular weight is 715 g/mol. The molecule has 2 aliphatic heterocycles. The Hall–Kier alpha value is -3.27. The minimum absolute atomic E-state index is 0.0736. The first-order valence-electron chi connectivity index (χ1n) is 16.9. The minimum atomic E-state index is -3.25. The first kappa shape index (κ1) is 38.0. The number of amides is 1. The van der Waals surface area contributed by atoms with Gasteiger partial charge in [-0.1, -0.05) is 48.5 Å². The molecular weight excluding hydrogens is 667 g/mol. The van der Waals surface area contributed by atoms with Gasteiger partial charge in [-0.2, -0.15) is 0 Å². The van der Waals surface area contributed by atoms with Gasteiger partial charge in [0.1, 0.15) is 30.2 Å². The van der Waals surface area contributed by atoms with Gasteiger partial charge in [-0.3, -0.25) is 4.79 Å². The van der Waals surface area contributed by atoms with Crippen molar-refractivity contribution in [1.29, 1.82) is 0 Å². The fourth-order valence-electron chi connectivity index (χ4n) is 6.79. The zero-order valence-electron chi connectivity index (χ0n) is 28.3. The van der Waals surface area contributed by atoms with Crippen LogP contribution in [-0.2, 0) is 32.4 Å². The van der Waals surface area contributed by atoms with E-state index in [1.165, 1.54) is 34.8 Å². The van der Waals surface area contributed by atoms with Crippen LogP contribution in [0.1, 0.15) is 60.1 Å². The van der Waals surface area contributed by atoms with E-state index in [-0.39, 0.29) is 11.9 Å². The Balaban J connectivity index is 1.29. The molecule has 2 aliphatic rings. The number of aliphatic hydroxyl groups is 5. The molecule has 0 aromatic heterocycles. The molecule has 11 nitrogen and oxygen atoms in total. The molecule has 2 fully saturated rings. The summed E-state index contributed by atoms with van der Waals surface area (Å²) in [5.41, 5.74) is 4.14. The van der Waals surface area contributed by atoms with Crippen molar-refractivity contribution in [3.8, 4) is 0 Å². The van der Waals surface area contributed by atoms with Crippen LogP contribution in [-0.4, -0.2) is 101 Å². The molecule has 0 aliphatic carbocycles. The zero-order chi connectivity index (χ0) is 36.2. The highest BCUT2D eigenvalue weighted by atomic mass is 32.2. The number of carbonyl (C=O) groups is 1. The quantitative estimate of drug-likeness (QED) is 0.149. The lowest BCUT2D eigenvalue weighted by Gasteiger charge is -2.48. The minimum Gasteiger partial charge on any atom is -0.394 e. The average Bonchev–Trinajstić information content (AvgIpc) is 3.10. The highest BCUT2D eigenvalue weighted by Gasteiger charge is 2.48. The summed E-state index contributed by atoms with van der Waals surface area (Å²) < 4.78 is 43.8. The molecule has 0 radical (unpaired) electrons. The first-order valence-corrected chi connectivity index (χ1v) is 18.8.